The molecule has 11 N–H and O–H groups in total. The second-order valence-electron chi connectivity index (χ2n) is 11.8. The quantitative estimate of drug-likeness (QED) is 0.115. The van der Waals surface area contributed by atoms with Crippen molar-refractivity contribution in [1.29, 1.82) is 0 Å². The van der Waals surface area contributed by atoms with Crippen LogP contribution in [0.4, 0.5) is 0 Å². The van der Waals surface area contributed by atoms with Crippen LogP contribution in [0, 0.1) is 0 Å². The van der Waals surface area contributed by atoms with Crippen molar-refractivity contribution in [2.24, 2.45) is 0 Å². The van der Waals surface area contributed by atoms with Gasteiger partial charge >= 0.3 is 0 Å². The van der Waals surface area contributed by atoms with E-state index in [1.165, 1.54) is 20.8 Å². The topological polar surface area (TPSA) is 296 Å². The molecule has 0 aromatic carbocycles. The molecule has 0 aromatic rings. The number of carbonyl (C=O) groups excluding carboxylic acids is 1. The lowest BCUT2D eigenvalue weighted by molar-refractivity contribution is -0.391. The fraction of sp³-hybridized carbons (Fsp3) is 0.962. The van der Waals surface area contributed by atoms with Gasteiger partial charge in [-0.25, -0.2) is 0 Å². The van der Waals surface area contributed by atoms with Crippen molar-refractivity contribution in [2.45, 2.75) is 150 Å². The largest absolute Gasteiger partial charge is 0.394 e. The van der Waals surface area contributed by atoms with Crippen molar-refractivity contribution in [3.63, 3.8) is 0 Å². The van der Waals surface area contributed by atoms with Crippen molar-refractivity contribution < 1.29 is 89.0 Å². The molecule has 0 radical (unpaired) electrons. The Morgan fingerprint density at radius 3 is 1.76 bits per heavy atom. The van der Waals surface area contributed by atoms with E-state index in [9.17, 15) is 55.9 Å². The van der Waals surface area contributed by atoms with Crippen LogP contribution in [0.2, 0.25) is 0 Å². The summed E-state index contributed by atoms with van der Waals surface area (Å²) in [4.78, 5) is 12.0. The average molecular weight is 660 g/mol. The number of ether oxygens (including phenoxy) is 7. The minimum absolute atomic E-state index is 0.656. The average Bonchev–Trinajstić information content (AvgIpc) is 2.98. The Morgan fingerprint density at radius 2 is 1.13 bits per heavy atom. The molecule has 19 heteroatoms. The van der Waals surface area contributed by atoms with Crippen LogP contribution in [0.1, 0.15) is 27.7 Å². The van der Waals surface area contributed by atoms with E-state index in [0.29, 0.717) is 0 Å². The highest BCUT2D eigenvalue weighted by molar-refractivity contribution is 5.73. The zero-order chi connectivity index (χ0) is 33.5. The molecule has 4 rings (SSSR count). The predicted molar refractivity (Wildman–Crippen MR) is 141 cm³/mol. The predicted octanol–water partition coefficient (Wildman–Crippen LogP) is -6.52. The third-order valence-electron chi connectivity index (χ3n) is 8.48. The number of rotatable bonds is 8. The lowest BCUT2D eigenvalue weighted by atomic mass is 9.95. The van der Waals surface area contributed by atoms with Gasteiger partial charge in [0.1, 0.15) is 79.3 Å². The maximum Gasteiger partial charge on any atom is 0.217 e. The van der Waals surface area contributed by atoms with Crippen molar-refractivity contribution in [2.75, 3.05) is 6.61 Å². The molecule has 4 heterocycles. The Hall–Kier alpha value is -1.21. The summed E-state index contributed by atoms with van der Waals surface area (Å²) in [7, 11) is 0. The highest BCUT2D eigenvalue weighted by Gasteiger charge is 2.55. The summed E-state index contributed by atoms with van der Waals surface area (Å²) < 4.78 is 40.1. The van der Waals surface area contributed by atoms with Gasteiger partial charge in [0.2, 0.25) is 5.91 Å². The van der Waals surface area contributed by atoms with E-state index in [2.05, 4.69) is 5.32 Å². The highest BCUT2D eigenvalue weighted by atomic mass is 16.8. The van der Waals surface area contributed by atoms with Crippen molar-refractivity contribution in [3.05, 3.63) is 0 Å². The number of hydrogen-bond acceptors (Lipinski definition) is 18. The van der Waals surface area contributed by atoms with Gasteiger partial charge in [-0.05, 0) is 20.8 Å². The Kier molecular flexibility index (Phi) is 12.1. The molecule has 4 saturated heterocycles. The minimum Gasteiger partial charge on any atom is -0.394 e. The van der Waals surface area contributed by atoms with Crippen LogP contribution in [0.25, 0.3) is 0 Å². The molecule has 4 aliphatic heterocycles. The summed E-state index contributed by atoms with van der Waals surface area (Å²) in [5.41, 5.74) is 0. The van der Waals surface area contributed by atoms with Crippen LogP contribution in [0.15, 0.2) is 0 Å². The number of amides is 1. The van der Waals surface area contributed by atoms with Crippen LogP contribution in [0.5, 0.6) is 0 Å². The molecule has 4 fully saturated rings. The molecular weight excluding hydrogens is 614 g/mol. The normalized spacial score (nSPS) is 52.8. The van der Waals surface area contributed by atoms with Crippen molar-refractivity contribution in [1.82, 2.24) is 5.32 Å². The Bertz CT molecular complexity index is 980. The van der Waals surface area contributed by atoms with Crippen LogP contribution >= 0.6 is 0 Å². The lowest BCUT2D eigenvalue weighted by Crippen LogP contribution is -2.69. The van der Waals surface area contributed by atoms with Crippen LogP contribution in [0.3, 0.4) is 0 Å². The van der Waals surface area contributed by atoms with E-state index in [1.807, 2.05) is 0 Å². The SMILES string of the molecule is CC(=O)N[C@H]1[C@H](O[C@H]2[C@@H](O[C@@H]3[C@@H](O)[C@@H](O)[C@H](O)O[C@H]3C)O[C@@H](C)[C@H](O[C@H]3O[C@@H](C)[C@H](O)[C@@H](O)[C@H]3O)[C@H]2O)O[C@H](CO)[C@H](O)[C@@H]1O. The molecule has 1 amide bonds. The van der Waals surface area contributed by atoms with Crippen LogP contribution < -0.4 is 5.32 Å². The molecule has 4 aliphatic rings. The Labute approximate surface area is 257 Å². The van der Waals surface area contributed by atoms with Crippen molar-refractivity contribution in [3.8, 4) is 0 Å². The van der Waals surface area contributed by atoms with Gasteiger partial charge in [-0.1, -0.05) is 0 Å². The first-order chi connectivity index (χ1) is 21.1. The van der Waals surface area contributed by atoms with Gasteiger partial charge < -0.3 is 89.5 Å². The number of aliphatic hydroxyl groups is 10. The molecular formula is C26H45NO18. The van der Waals surface area contributed by atoms with Gasteiger partial charge in [0.25, 0.3) is 0 Å². The molecule has 0 spiro atoms. The summed E-state index contributed by atoms with van der Waals surface area (Å²) in [5, 5.41) is 106. The summed E-state index contributed by atoms with van der Waals surface area (Å²) in [6.45, 7) is 4.64. The summed E-state index contributed by atoms with van der Waals surface area (Å²) in [5.74, 6) is -0.656. The van der Waals surface area contributed by atoms with E-state index in [0.717, 1.165) is 6.92 Å². The maximum absolute atomic E-state index is 12.0. The molecule has 45 heavy (non-hydrogen) atoms. The second-order valence-corrected chi connectivity index (χ2v) is 11.8. The van der Waals surface area contributed by atoms with Crippen LogP contribution in [-0.2, 0) is 38.0 Å². The highest BCUT2D eigenvalue weighted by Crippen LogP contribution is 2.35. The zero-order valence-corrected chi connectivity index (χ0v) is 25.0. The first-order valence-corrected chi connectivity index (χ1v) is 14.7. The van der Waals surface area contributed by atoms with Crippen molar-refractivity contribution >= 4 is 5.91 Å². The third-order valence-corrected chi connectivity index (χ3v) is 8.48. The monoisotopic (exact) mass is 659 g/mol. The van der Waals surface area contributed by atoms with E-state index in [-0.39, 0.29) is 0 Å². The summed E-state index contributed by atoms with van der Waals surface area (Å²) in [6.07, 6.45) is -29.1. The standard InChI is InChI=1S/C26H45NO18/c1-6-12(30)15(33)18(36)25(40-6)43-21-8(3)41-26(44-20-7(2)39-23(38)17(35)16(20)34)22(19(21)37)45-24-11(27-9(4)29)14(32)13(31)10(5-28)42-24/h6-8,10-26,28,30-38H,5H2,1-4H3,(H,27,29)/t6-,7-,8-,10+,11+,12-,13-,14+,15+,16-,17+,18+,19+,20-,21-,22+,23+,24-,25+,26+/m0/s1. The van der Waals surface area contributed by atoms with Gasteiger partial charge in [0.05, 0.1) is 24.9 Å². The number of aliphatic hydroxyl groups excluding tert-OH is 10. The van der Waals surface area contributed by atoms with Gasteiger partial charge in [-0.3, -0.25) is 4.79 Å². The first-order valence-electron chi connectivity index (χ1n) is 14.7. The lowest BCUT2D eigenvalue weighted by Gasteiger charge is -2.50. The fourth-order valence-electron chi connectivity index (χ4n) is 5.82. The molecule has 0 saturated carbocycles. The van der Waals surface area contributed by atoms with E-state index in [1.54, 1.807) is 0 Å². The van der Waals surface area contributed by atoms with E-state index >= 15 is 0 Å². The number of carbonyl (C=O) groups is 1. The van der Waals surface area contributed by atoms with Crippen LogP contribution in [-0.4, -0.2) is 186 Å². The number of hydrogen-bond donors (Lipinski definition) is 11. The van der Waals surface area contributed by atoms with E-state index < -0.39 is 135 Å². The number of nitrogens with one attached hydrogen (secondary N) is 1. The van der Waals surface area contributed by atoms with E-state index in [4.69, 9.17) is 33.2 Å². The minimum atomic E-state index is -1.78. The summed E-state index contributed by atoms with van der Waals surface area (Å²) in [6, 6.07) is -1.45. The molecule has 262 valence electrons. The molecule has 20 atom stereocenters. The second kappa shape index (κ2) is 14.9. The third kappa shape index (κ3) is 7.60. The molecule has 0 unspecified atom stereocenters. The maximum atomic E-state index is 12.0. The fourth-order valence-corrected chi connectivity index (χ4v) is 5.82. The van der Waals surface area contributed by atoms with Gasteiger partial charge in [0.15, 0.2) is 25.2 Å². The Balaban J connectivity index is 1.64. The van der Waals surface area contributed by atoms with Gasteiger partial charge in [-0.2, -0.15) is 0 Å². The first kappa shape index (κ1) is 36.6. The molecule has 19 nitrogen and oxygen atoms in total. The van der Waals surface area contributed by atoms with Gasteiger partial charge in [-0.15, -0.1) is 0 Å². The van der Waals surface area contributed by atoms with Gasteiger partial charge in [0, 0.05) is 6.92 Å². The molecule has 0 aliphatic carbocycles. The molecule has 0 aromatic heterocycles. The Morgan fingerprint density at radius 1 is 0.578 bits per heavy atom. The zero-order valence-electron chi connectivity index (χ0n) is 25.0. The molecule has 0 bridgehead atoms. The summed E-state index contributed by atoms with van der Waals surface area (Å²) >= 11 is 0. The smallest absolute Gasteiger partial charge is 0.217 e.